The van der Waals surface area contributed by atoms with E-state index < -0.39 is 11.3 Å². The summed E-state index contributed by atoms with van der Waals surface area (Å²) in [4.78, 5) is 23.3. The second kappa shape index (κ2) is 5.82. The van der Waals surface area contributed by atoms with Gasteiger partial charge in [-0.05, 0) is 44.5 Å². The zero-order valence-corrected chi connectivity index (χ0v) is 10.9. The van der Waals surface area contributed by atoms with E-state index in [1.165, 1.54) is 6.07 Å². The zero-order valence-electron chi connectivity index (χ0n) is 10.1. The van der Waals surface area contributed by atoms with Crippen LogP contribution in [0.15, 0.2) is 18.2 Å². The fourth-order valence-corrected chi connectivity index (χ4v) is 1.61. The SMILES string of the molecule is CCOC(=O)c1cc(C)cc(C(=O)C(C)Cl)c1. The predicted molar refractivity (Wildman–Crippen MR) is 66.8 cm³/mol. The molecule has 0 aliphatic carbocycles. The topological polar surface area (TPSA) is 43.4 Å². The summed E-state index contributed by atoms with van der Waals surface area (Å²) in [6.07, 6.45) is 0. The summed E-state index contributed by atoms with van der Waals surface area (Å²) in [5.74, 6) is -0.617. The normalized spacial score (nSPS) is 12.0. The number of ether oxygens (including phenoxy) is 1. The minimum Gasteiger partial charge on any atom is -0.462 e. The van der Waals surface area contributed by atoms with Gasteiger partial charge in [0, 0.05) is 5.56 Å². The van der Waals surface area contributed by atoms with E-state index in [1.54, 1.807) is 26.0 Å². The Morgan fingerprint density at radius 3 is 2.41 bits per heavy atom. The smallest absolute Gasteiger partial charge is 0.338 e. The number of hydrogen-bond donors (Lipinski definition) is 0. The average Bonchev–Trinajstić information content (AvgIpc) is 2.27. The lowest BCUT2D eigenvalue weighted by Crippen LogP contribution is -2.13. The van der Waals surface area contributed by atoms with Crippen molar-refractivity contribution in [3.63, 3.8) is 0 Å². The van der Waals surface area contributed by atoms with Gasteiger partial charge in [-0.2, -0.15) is 0 Å². The second-order valence-electron chi connectivity index (χ2n) is 3.79. The van der Waals surface area contributed by atoms with Crippen LogP contribution >= 0.6 is 11.6 Å². The van der Waals surface area contributed by atoms with Crippen molar-refractivity contribution in [2.45, 2.75) is 26.1 Å². The zero-order chi connectivity index (χ0) is 13.0. The third kappa shape index (κ3) is 3.56. The molecule has 1 aromatic carbocycles. The van der Waals surface area contributed by atoms with Crippen LogP contribution in [0.5, 0.6) is 0 Å². The van der Waals surface area contributed by atoms with Crippen molar-refractivity contribution in [2.75, 3.05) is 6.61 Å². The van der Waals surface area contributed by atoms with E-state index in [0.29, 0.717) is 17.7 Å². The molecule has 0 radical (unpaired) electrons. The molecule has 0 spiro atoms. The van der Waals surface area contributed by atoms with Crippen molar-refractivity contribution in [1.29, 1.82) is 0 Å². The quantitative estimate of drug-likeness (QED) is 0.471. The van der Waals surface area contributed by atoms with Gasteiger partial charge < -0.3 is 4.74 Å². The van der Waals surface area contributed by atoms with Crippen LogP contribution in [0, 0.1) is 6.92 Å². The molecule has 0 bridgehead atoms. The van der Waals surface area contributed by atoms with Gasteiger partial charge in [0.2, 0.25) is 0 Å². The molecule has 1 unspecified atom stereocenters. The van der Waals surface area contributed by atoms with Gasteiger partial charge in [-0.15, -0.1) is 11.6 Å². The van der Waals surface area contributed by atoms with Crippen LogP contribution in [0.4, 0.5) is 0 Å². The van der Waals surface area contributed by atoms with Gasteiger partial charge in [-0.25, -0.2) is 4.79 Å². The highest BCUT2D eigenvalue weighted by molar-refractivity contribution is 6.33. The van der Waals surface area contributed by atoms with Crippen molar-refractivity contribution in [2.24, 2.45) is 0 Å². The van der Waals surface area contributed by atoms with Gasteiger partial charge in [0.1, 0.15) is 0 Å². The van der Waals surface area contributed by atoms with E-state index in [0.717, 1.165) is 5.56 Å². The molecule has 0 aliphatic rings. The molecule has 0 amide bonds. The average molecular weight is 255 g/mol. The van der Waals surface area contributed by atoms with Gasteiger partial charge in [0.05, 0.1) is 17.5 Å². The van der Waals surface area contributed by atoms with Gasteiger partial charge >= 0.3 is 5.97 Å². The molecule has 92 valence electrons. The van der Waals surface area contributed by atoms with E-state index in [1.807, 2.05) is 6.92 Å². The van der Waals surface area contributed by atoms with Crippen LogP contribution < -0.4 is 0 Å². The maximum absolute atomic E-state index is 11.7. The summed E-state index contributed by atoms with van der Waals surface area (Å²) >= 11 is 5.74. The lowest BCUT2D eigenvalue weighted by Gasteiger charge is -2.07. The molecule has 0 saturated heterocycles. The molecule has 1 aromatic rings. The number of carbonyl (C=O) groups excluding carboxylic acids is 2. The Hall–Kier alpha value is -1.35. The number of esters is 1. The number of carbonyl (C=O) groups is 2. The highest BCUT2D eigenvalue weighted by atomic mass is 35.5. The van der Waals surface area contributed by atoms with E-state index >= 15 is 0 Å². The standard InChI is InChI=1S/C13H15ClO3/c1-4-17-13(16)11-6-8(2)5-10(7-11)12(15)9(3)14/h5-7,9H,4H2,1-3H3. The highest BCUT2D eigenvalue weighted by Gasteiger charge is 2.16. The fourth-order valence-electron chi connectivity index (χ4n) is 1.49. The van der Waals surface area contributed by atoms with Crippen molar-refractivity contribution in [3.05, 3.63) is 34.9 Å². The first kappa shape index (κ1) is 13.7. The molecular weight excluding hydrogens is 240 g/mol. The summed E-state index contributed by atoms with van der Waals surface area (Å²) in [6, 6.07) is 4.92. The number of alkyl halides is 1. The van der Waals surface area contributed by atoms with Gasteiger partial charge in [-0.3, -0.25) is 4.79 Å². The number of aryl methyl sites for hydroxylation is 1. The van der Waals surface area contributed by atoms with Crippen LogP contribution in [-0.2, 0) is 4.74 Å². The monoisotopic (exact) mass is 254 g/mol. The van der Waals surface area contributed by atoms with Gasteiger partial charge in [0.15, 0.2) is 5.78 Å². The number of benzene rings is 1. The summed E-state index contributed by atoms with van der Waals surface area (Å²) in [5, 5.41) is -0.605. The first-order valence-corrected chi connectivity index (χ1v) is 5.86. The number of ketones is 1. The van der Waals surface area contributed by atoms with Crippen molar-refractivity contribution in [1.82, 2.24) is 0 Å². The third-order valence-corrected chi connectivity index (χ3v) is 2.43. The minimum absolute atomic E-state index is 0.194. The summed E-state index contributed by atoms with van der Waals surface area (Å²) in [6.45, 7) is 5.47. The molecule has 1 rings (SSSR count). The first-order chi connectivity index (χ1) is 7.95. The minimum atomic E-state index is -0.605. The molecule has 0 N–H and O–H groups in total. The second-order valence-corrected chi connectivity index (χ2v) is 4.44. The molecule has 1 atom stereocenters. The van der Waals surface area contributed by atoms with E-state index in [2.05, 4.69) is 0 Å². The Morgan fingerprint density at radius 1 is 1.29 bits per heavy atom. The maximum Gasteiger partial charge on any atom is 0.338 e. The molecule has 0 heterocycles. The number of Topliss-reactive ketones (excluding diaryl/α,β-unsaturated/α-hetero) is 1. The fraction of sp³-hybridized carbons (Fsp3) is 0.385. The molecule has 0 fully saturated rings. The molecule has 3 nitrogen and oxygen atoms in total. The highest BCUT2D eigenvalue weighted by Crippen LogP contribution is 2.14. The van der Waals surface area contributed by atoms with Crippen molar-refractivity contribution in [3.8, 4) is 0 Å². The molecule has 0 aromatic heterocycles. The van der Waals surface area contributed by atoms with Crippen LogP contribution in [0.25, 0.3) is 0 Å². The molecule has 0 aliphatic heterocycles. The summed E-state index contributed by atoms with van der Waals surface area (Å²) in [5.41, 5.74) is 1.65. The van der Waals surface area contributed by atoms with E-state index in [-0.39, 0.29) is 5.78 Å². The Bertz CT molecular complexity index is 438. The number of halogens is 1. The molecule has 0 saturated carbocycles. The Balaban J connectivity index is 3.10. The van der Waals surface area contributed by atoms with Crippen molar-refractivity contribution < 1.29 is 14.3 Å². The maximum atomic E-state index is 11.7. The Labute approximate surface area is 106 Å². The summed E-state index contributed by atoms with van der Waals surface area (Å²) < 4.78 is 4.89. The van der Waals surface area contributed by atoms with Gasteiger partial charge in [-0.1, -0.05) is 0 Å². The predicted octanol–water partition coefficient (Wildman–Crippen LogP) is 2.98. The molecular formula is C13H15ClO3. The van der Waals surface area contributed by atoms with Crippen LogP contribution in [-0.4, -0.2) is 23.7 Å². The molecule has 17 heavy (non-hydrogen) atoms. The Morgan fingerprint density at radius 2 is 1.88 bits per heavy atom. The Kier molecular flexibility index (Phi) is 4.70. The largest absolute Gasteiger partial charge is 0.462 e. The molecule has 4 heteroatoms. The summed E-state index contributed by atoms with van der Waals surface area (Å²) in [7, 11) is 0. The van der Waals surface area contributed by atoms with E-state index in [9.17, 15) is 9.59 Å². The number of hydrogen-bond acceptors (Lipinski definition) is 3. The van der Waals surface area contributed by atoms with E-state index in [4.69, 9.17) is 16.3 Å². The lowest BCUT2D eigenvalue weighted by atomic mass is 10.0. The first-order valence-electron chi connectivity index (χ1n) is 5.42. The third-order valence-electron chi connectivity index (χ3n) is 2.23. The number of rotatable bonds is 4. The van der Waals surface area contributed by atoms with Gasteiger partial charge in [0.25, 0.3) is 0 Å². The van der Waals surface area contributed by atoms with Crippen molar-refractivity contribution >= 4 is 23.4 Å². The lowest BCUT2D eigenvalue weighted by molar-refractivity contribution is 0.0526. The van der Waals surface area contributed by atoms with Crippen LogP contribution in [0.3, 0.4) is 0 Å². The van der Waals surface area contributed by atoms with Crippen LogP contribution in [0.2, 0.25) is 0 Å². The van der Waals surface area contributed by atoms with Crippen LogP contribution in [0.1, 0.15) is 40.1 Å².